The maximum absolute atomic E-state index is 12.5. The number of amides is 3. The number of methoxy groups -OCH3 is 1. The molecule has 2 aromatic rings. The molecule has 0 aliphatic carbocycles. The normalized spacial score (nSPS) is 16.6. The van der Waals surface area contributed by atoms with Gasteiger partial charge in [0.1, 0.15) is 11.4 Å². The predicted octanol–water partition coefficient (Wildman–Crippen LogP) is 2.79. The standard InChI is InChI=1S/C19H24ClN5O3/c1-19(2,3)16-15-13(17(21)26)14(10-7-11(20)9-12(8-10)28-4)23-25(15)6-5-24(16)18(22)27/h7-9,16H,5-6H2,1-4H3,(H2,21,26)(H2,22,27). The number of primary amides is 2. The Balaban J connectivity index is 2.29. The van der Waals surface area contributed by atoms with Crippen LogP contribution in [0.25, 0.3) is 11.3 Å². The van der Waals surface area contributed by atoms with Crippen LogP contribution in [-0.4, -0.2) is 40.3 Å². The van der Waals surface area contributed by atoms with E-state index in [4.69, 9.17) is 27.8 Å². The molecule has 150 valence electrons. The summed E-state index contributed by atoms with van der Waals surface area (Å²) in [6.45, 7) is 6.72. The van der Waals surface area contributed by atoms with E-state index in [-0.39, 0.29) is 5.56 Å². The molecule has 3 rings (SSSR count). The van der Waals surface area contributed by atoms with Crippen molar-refractivity contribution in [2.75, 3.05) is 13.7 Å². The molecule has 0 saturated carbocycles. The maximum Gasteiger partial charge on any atom is 0.315 e. The highest BCUT2D eigenvalue weighted by Gasteiger charge is 2.42. The van der Waals surface area contributed by atoms with E-state index in [1.54, 1.807) is 27.8 Å². The van der Waals surface area contributed by atoms with E-state index in [9.17, 15) is 9.59 Å². The third kappa shape index (κ3) is 3.40. The molecule has 28 heavy (non-hydrogen) atoms. The SMILES string of the molecule is COc1cc(Cl)cc(-c2nn3c(c2C(N)=O)C(C(C)(C)C)N(C(N)=O)CC3)c1. The van der Waals surface area contributed by atoms with Crippen molar-refractivity contribution in [1.29, 1.82) is 0 Å². The van der Waals surface area contributed by atoms with E-state index in [1.165, 1.54) is 7.11 Å². The van der Waals surface area contributed by atoms with Gasteiger partial charge in [0.2, 0.25) is 0 Å². The first-order valence-corrected chi connectivity index (χ1v) is 9.24. The monoisotopic (exact) mass is 405 g/mol. The molecule has 1 aromatic heterocycles. The lowest BCUT2D eigenvalue weighted by atomic mass is 9.81. The van der Waals surface area contributed by atoms with Crippen molar-refractivity contribution in [3.05, 3.63) is 34.5 Å². The first kappa shape index (κ1) is 20.0. The van der Waals surface area contributed by atoms with Gasteiger partial charge >= 0.3 is 6.03 Å². The molecule has 3 amide bonds. The molecule has 9 heteroatoms. The quantitative estimate of drug-likeness (QED) is 0.816. The first-order valence-electron chi connectivity index (χ1n) is 8.86. The van der Waals surface area contributed by atoms with E-state index < -0.39 is 23.4 Å². The number of fused-ring (bicyclic) bond motifs is 1. The van der Waals surface area contributed by atoms with Gasteiger partial charge in [-0.15, -0.1) is 0 Å². The Kier molecular flexibility index (Phi) is 5.01. The summed E-state index contributed by atoms with van der Waals surface area (Å²) in [6, 6.07) is 4.10. The van der Waals surface area contributed by atoms with Gasteiger partial charge in [0.05, 0.1) is 31.0 Å². The van der Waals surface area contributed by atoms with Gasteiger partial charge in [-0.2, -0.15) is 5.10 Å². The van der Waals surface area contributed by atoms with Crippen LogP contribution < -0.4 is 16.2 Å². The number of nitrogens with zero attached hydrogens (tertiary/aromatic N) is 3. The van der Waals surface area contributed by atoms with Crippen molar-refractivity contribution in [1.82, 2.24) is 14.7 Å². The van der Waals surface area contributed by atoms with Crippen molar-refractivity contribution in [2.24, 2.45) is 16.9 Å². The average Bonchev–Trinajstić information content (AvgIpc) is 2.98. The number of aromatic nitrogens is 2. The molecule has 1 aliphatic rings. The van der Waals surface area contributed by atoms with E-state index >= 15 is 0 Å². The zero-order valence-electron chi connectivity index (χ0n) is 16.3. The minimum atomic E-state index is -0.629. The van der Waals surface area contributed by atoms with Crippen LogP contribution in [0.4, 0.5) is 4.79 Å². The predicted molar refractivity (Wildman–Crippen MR) is 106 cm³/mol. The van der Waals surface area contributed by atoms with Crippen molar-refractivity contribution in [2.45, 2.75) is 33.4 Å². The van der Waals surface area contributed by atoms with Crippen molar-refractivity contribution in [3.8, 4) is 17.0 Å². The highest BCUT2D eigenvalue weighted by atomic mass is 35.5. The highest BCUT2D eigenvalue weighted by molar-refractivity contribution is 6.31. The van der Waals surface area contributed by atoms with Crippen LogP contribution in [0.2, 0.25) is 5.02 Å². The minimum absolute atomic E-state index is 0.259. The molecule has 2 heterocycles. The summed E-state index contributed by atoms with van der Waals surface area (Å²) < 4.78 is 7.01. The fourth-order valence-electron chi connectivity index (χ4n) is 3.78. The topological polar surface area (TPSA) is 116 Å². The van der Waals surface area contributed by atoms with Gasteiger partial charge in [0, 0.05) is 17.1 Å². The van der Waals surface area contributed by atoms with Gasteiger partial charge in [-0.25, -0.2) is 4.79 Å². The molecule has 1 atom stereocenters. The van der Waals surface area contributed by atoms with Gasteiger partial charge in [0.15, 0.2) is 0 Å². The van der Waals surface area contributed by atoms with E-state index in [0.29, 0.717) is 40.8 Å². The third-order valence-electron chi connectivity index (χ3n) is 4.85. The molecule has 1 aromatic carbocycles. The van der Waals surface area contributed by atoms with E-state index in [2.05, 4.69) is 5.10 Å². The van der Waals surface area contributed by atoms with E-state index in [0.717, 1.165) is 0 Å². The first-order chi connectivity index (χ1) is 13.0. The number of hydrogen-bond acceptors (Lipinski definition) is 4. The highest BCUT2D eigenvalue weighted by Crippen LogP contribution is 2.44. The van der Waals surface area contributed by atoms with Gasteiger partial charge < -0.3 is 21.1 Å². The lowest BCUT2D eigenvalue weighted by Gasteiger charge is -2.42. The van der Waals surface area contributed by atoms with Crippen molar-refractivity contribution < 1.29 is 14.3 Å². The number of benzene rings is 1. The fourth-order valence-corrected chi connectivity index (χ4v) is 4.00. The van der Waals surface area contributed by atoms with E-state index in [1.807, 2.05) is 20.8 Å². The van der Waals surface area contributed by atoms with Crippen molar-refractivity contribution >= 4 is 23.5 Å². The number of urea groups is 1. The number of nitrogens with two attached hydrogens (primary N) is 2. The smallest absolute Gasteiger partial charge is 0.315 e. The Morgan fingerprint density at radius 3 is 2.43 bits per heavy atom. The molecular formula is C19H24ClN5O3. The zero-order valence-corrected chi connectivity index (χ0v) is 17.1. The van der Waals surface area contributed by atoms with Gasteiger partial charge in [0.25, 0.3) is 5.91 Å². The van der Waals surface area contributed by atoms with Gasteiger partial charge in [-0.1, -0.05) is 32.4 Å². The molecular weight excluding hydrogens is 382 g/mol. The number of ether oxygens (including phenoxy) is 1. The molecule has 4 N–H and O–H groups in total. The van der Waals surface area contributed by atoms with Crippen LogP contribution >= 0.6 is 11.6 Å². The molecule has 8 nitrogen and oxygen atoms in total. The summed E-state index contributed by atoms with van der Waals surface area (Å²) in [5.41, 5.74) is 12.8. The molecule has 0 spiro atoms. The lowest BCUT2D eigenvalue weighted by molar-refractivity contribution is 0.0899. The largest absolute Gasteiger partial charge is 0.497 e. The summed E-state index contributed by atoms with van der Waals surface area (Å²) >= 11 is 6.20. The number of rotatable bonds is 3. The number of carbonyl (C=O) groups is 2. The Labute approximate surface area is 168 Å². The number of halogens is 1. The van der Waals surface area contributed by atoms with Gasteiger partial charge in [-0.05, 0) is 23.6 Å². The zero-order chi connectivity index (χ0) is 20.8. The van der Waals surface area contributed by atoms with Crippen LogP contribution in [0, 0.1) is 5.41 Å². The second-order valence-electron chi connectivity index (χ2n) is 7.88. The van der Waals surface area contributed by atoms with Crippen LogP contribution in [0.1, 0.15) is 42.9 Å². The second kappa shape index (κ2) is 7.01. The van der Waals surface area contributed by atoms with Crippen LogP contribution in [0.15, 0.2) is 18.2 Å². The Hall–Kier alpha value is -2.74. The molecule has 0 fully saturated rings. The fraction of sp³-hybridized carbons (Fsp3) is 0.421. The summed E-state index contributed by atoms with van der Waals surface area (Å²) in [6.07, 6.45) is 0. The molecule has 1 unspecified atom stereocenters. The number of carbonyl (C=O) groups excluding carboxylic acids is 2. The average molecular weight is 406 g/mol. The summed E-state index contributed by atoms with van der Waals surface area (Å²) in [5, 5.41) is 5.09. The summed E-state index contributed by atoms with van der Waals surface area (Å²) in [4.78, 5) is 26.1. The summed E-state index contributed by atoms with van der Waals surface area (Å²) in [7, 11) is 1.53. The molecule has 0 radical (unpaired) electrons. The Morgan fingerprint density at radius 1 is 1.21 bits per heavy atom. The number of hydrogen-bond donors (Lipinski definition) is 2. The molecule has 1 aliphatic heterocycles. The Bertz CT molecular complexity index is 948. The molecule has 0 saturated heterocycles. The lowest BCUT2D eigenvalue weighted by Crippen LogP contribution is -2.49. The maximum atomic E-state index is 12.5. The third-order valence-corrected chi connectivity index (χ3v) is 5.06. The van der Waals surface area contributed by atoms with Crippen LogP contribution in [-0.2, 0) is 6.54 Å². The Morgan fingerprint density at radius 2 is 1.89 bits per heavy atom. The minimum Gasteiger partial charge on any atom is -0.497 e. The summed E-state index contributed by atoms with van der Waals surface area (Å²) in [5.74, 6) is -0.0919. The second-order valence-corrected chi connectivity index (χ2v) is 8.31. The van der Waals surface area contributed by atoms with Gasteiger partial charge in [-0.3, -0.25) is 9.48 Å². The van der Waals surface area contributed by atoms with Crippen LogP contribution in [0.5, 0.6) is 5.75 Å². The van der Waals surface area contributed by atoms with Crippen LogP contribution in [0.3, 0.4) is 0 Å². The molecule has 0 bridgehead atoms. The van der Waals surface area contributed by atoms with Crippen molar-refractivity contribution in [3.63, 3.8) is 0 Å².